The van der Waals surface area contributed by atoms with Crippen LogP contribution in [0.3, 0.4) is 0 Å². The summed E-state index contributed by atoms with van der Waals surface area (Å²) in [6, 6.07) is 5.00. The number of nitrogens with one attached hydrogen (secondary N) is 1. The summed E-state index contributed by atoms with van der Waals surface area (Å²) in [5, 5.41) is 2.56. The number of hydrogen-bond acceptors (Lipinski definition) is 5. The van der Waals surface area contributed by atoms with Crippen LogP contribution in [-0.2, 0) is 19.6 Å². The summed E-state index contributed by atoms with van der Waals surface area (Å²) in [5.74, 6) is -0.280. The van der Waals surface area contributed by atoms with E-state index >= 15 is 0 Å². The highest BCUT2D eigenvalue weighted by molar-refractivity contribution is 8.01. The van der Waals surface area contributed by atoms with E-state index < -0.39 is 15.3 Å². The smallest absolute Gasteiger partial charge is 0.242 e. The van der Waals surface area contributed by atoms with Crippen molar-refractivity contribution in [1.29, 1.82) is 0 Å². The van der Waals surface area contributed by atoms with E-state index in [-0.39, 0.29) is 29.2 Å². The van der Waals surface area contributed by atoms with Crippen LogP contribution in [-0.4, -0.2) is 57.0 Å². The molecule has 1 heterocycles. The maximum absolute atomic E-state index is 12.8. The topological polar surface area (TPSA) is 86.8 Å². The van der Waals surface area contributed by atoms with E-state index in [1.54, 1.807) is 19.2 Å². The van der Waals surface area contributed by atoms with Crippen molar-refractivity contribution in [3.05, 3.63) is 18.2 Å². The minimum absolute atomic E-state index is 0.0959. The van der Waals surface area contributed by atoms with Gasteiger partial charge in [-0.1, -0.05) is 19.3 Å². The number of rotatable bonds is 5. The third-order valence-electron chi connectivity index (χ3n) is 5.29. The number of benzene rings is 1. The van der Waals surface area contributed by atoms with Gasteiger partial charge in [-0.15, -0.1) is 11.8 Å². The summed E-state index contributed by atoms with van der Waals surface area (Å²) in [4.78, 5) is 27.6. The summed E-state index contributed by atoms with van der Waals surface area (Å²) < 4.78 is 25.9. The minimum atomic E-state index is -3.58. The molecule has 0 saturated heterocycles. The molecule has 1 atom stereocenters. The van der Waals surface area contributed by atoms with Crippen LogP contribution in [0.2, 0.25) is 0 Å². The summed E-state index contributed by atoms with van der Waals surface area (Å²) in [6.07, 6.45) is 5.62. The molecule has 1 saturated carbocycles. The van der Waals surface area contributed by atoms with E-state index in [1.807, 2.05) is 0 Å². The number of fused-ring (bicyclic) bond motifs is 1. The van der Waals surface area contributed by atoms with Crippen LogP contribution < -0.4 is 10.2 Å². The monoisotopic (exact) mass is 425 g/mol. The first-order chi connectivity index (χ1) is 13.2. The van der Waals surface area contributed by atoms with Crippen LogP contribution >= 0.6 is 11.8 Å². The molecule has 9 heteroatoms. The van der Waals surface area contributed by atoms with Crippen LogP contribution in [0.15, 0.2) is 28.0 Å². The largest absolute Gasteiger partial charge is 0.353 e. The molecule has 1 aliphatic heterocycles. The third-order valence-corrected chi connectivity index (χ3v) is 8.35. The molecule has 2 aliphatic rings. The van der Waals surface area contributed by atoms with Gasteiger partial charge in [0, 0.05) is 38.5 Å². The van der Waals surface area contributed by atoms with E-state index in [9.17, 15) is 18.0 Å². The Bertz CT molecular complexity index is 864. The molecule has 0 radical (unpaired) electrons. The lowest BCUT2D eigenvalue weighted by Crippen LogP contribution is -2.43. The van der Waals surface area contributed by atoms with Gasteiger partial charge in [-0.2, -0.15) is 0 Å². The van der Waals surface area contributed by atoms with Crippen molar-refractivity contribution in [2.75, 3.05) is 26.0 Å². The molecule has 0 unspecified atom stereocenters. The first-order valence-corrected chi connectivity index (χ1v) is 11.8. The summed E-state index contributed by atoms with van der Waals surface area (Å²) in [5.41, 5.74) is 0.557. The lowest BCUT2D eigenvalue weighted by Gasteiger charge is -2.31. The van der Waals surface area contributed by atoms with Crippen LogP contribution in [0.5, 0.6) is 0 Å². The van der Waals surface area contributed by atoms with Gasteiger partial charge >= 0.3 is 0 Å². The van der Waals surface area contributed by atoms with Gasteiger partial charge in [-0.3, -0.25) is 9.59 Å². The van der Waals surface area contributed by atoms with Gasteiger partial charge in [-0.25, -0.2) is 12.7 Å². The fraction of sp³-hybridized carbons (Fsp3) is 0.579. The number of sulfonamides is 1. The maximum atomic E-state index is 12.8. The van der Waals surface area contributed by atoms with Crippen LogP contribution in [0.25, 0.3) is 0 Å². The quantitative estimate of drug-likeness (QED) is 0.782. The van der Waals surface area contributed by atoms with E-state index in [4.69, 9.17) is 0 Å². The second kappa shape index (κ2) is 8.42. The second-order valence-electron chi connectivity index (χ2n) is 7.53. The molecule has 1 fully saturated rings. The minimum Gasteiger partial charge on any atom is -0.353 e. The van der Waals surface area contributed by atoms with Crippen molar-refractivity contribution < 1.29 is 18.0 Å². The number of carbonyl (C=O) groups is 2. The summed E-state index contributed by atoms with van der Waals surface area (Å²) in [7, 11) is 0.989. The van der Waals surface area contributed by atoms with Crippen LogP contribution in [0.1, 0.15) is 38.5 Å². The number of hydrogen-bond donors (Lipinski definition) is 1. The summed E-state index contributed by atoms with van der Waals surface area (Å²) in [6.45, 7) is 0. The Kier molecular flexibility index (Phi) is 6.36. The zero-order chi connectivity index (χ0) is 20.5. The van der Waals surface area contributed by atoms with Gasteiger partial charge in [-0.05, 0) is 31.0 Å². The molecule has 0 spiro atoms. The molecule has 2 amide bonds. The average Bonchev–Trinajstić information content (AvgIpc) is 2.66. The lowest BCUT2D eigenvalue weighted by molar-refractivity contribution is -0.125. The van der Waals surface area contributed by atoms with Gasteiger partial charge in [0.25, 0.3) is 0 Å². The Morgan fingerprint density at radius 2 is 1.93 bits per heavy atom. The second-order valence-corrected chi connectivity index (χ2v) is 10.9. The molecule has 7 nitrogen and oxygen atoms in total. The molecular formula is C19H27N3O4S2. The predicted octanol–water partition coefficient (Wildman–Crippen LogP) is 2.21. The fourth-order valence-electron chi connectivity index (χ4n) is 3.60. The van der Waals surface area contributed by atoms with Gasteiger partial charge in [0.2, 0.25) is 21.8 Å². The van der Waals surface area contributed by atoms with Gasteiger partial charge in [0.15, 0.2) is 0 Å². The molecule has 1 aromatic rings. The Morgan fingerprint density at radius 1 is 1.25 bits per heavy atom. The van der Waals surface area contributed by atoms with Crippen LogP contribution in [0, 0.1) is 0 Å². The Hall–Kier alpha value is -1.58. The van der Waals surface area contributed by atoms with Gasteiger partial charge in [0.05, 0.1) is 15.8 Å². The molecule has 28 heavy (non-hydrogen) atoms. The zero-order valence-corrected chi connectivity index (χ0v) is 18.1. The Labute approximate surface area is 170 Å². The first kappa shape index (κ1) is 21.1. The number of thioether (sulfide) groups is 1. The van der Waals surface area contributed by atoms with Crippen molar-refractivity contribution in [3.8, 4) is 0 Å². The van der Waals surface area contributed by atoms with E-state index in [0.29, 0.717) is 5.69 Å². The normalized spacial score (nSPS) is 20.9. The fourth-order valence-corrected chi connectivity index (χ4v) is 5.79. The Balaban J connectivity index is 1.74. The molecule has 1 aromatic carbocycles. The molecule has 0 bridgehead atoms. The van der Waals surface area contributed by atoms with E-state index in [0.717, 1.165) is 34.9 Å². The SMILES string of the molecule is CN1C(=O)[C@@H](CC(=O)NC2CCCCC2)Sc2ccc(S(=O)(=O)N(C)C)cc21. The average molecular weight is 426 g/mol. The standard InChI is InChI=1S/C19H27N3O4S2/c1-21(2)28(25,26)14-9-10-16-15(11-14)22(3)19(24)17(27-16)12-18(23)20-13-7-5-4-6-8-13/h9-11,13,17H,4-8,12H2,1-3H3,(H,20,23)/t17-/m1/s1. The zero-order valence-electron chi connectivity index (χ0n) is 16.5. The number of anilines is 1. The molecule has 1 N–H and O–H groups in total. The summed E-state index contributed by atoms with van der Waals surface area (Å²) >= 11 is 1.33. The van der Waals surface area contributed by atoms with Gasteiger partial charge < -0.3 is 10.2 Å². The first-order valence-electron chi connectivity index (χ1n) is 9.50. The molecule has 0 aromatic heterocycles. The lowest BCUT2D eigenvalue weighted by atomic mass is 9.95. The number of nitrogens with zero attached hydrogens (tertiary/aromatic N) is 2. The number of amides is 2. The maximum Gasteiger partial charge on any atom is 0.242 e. The molecule has 1 aliphatic carbocycles. The Morgan fingerprint density at radius 3 is 2.57 bits per heavy atom. The van der Waals surface area contributed by atoms with Crippen molar-refractivity contribution >= 4 is 39.3 Å². The highest BCUT2D eigenvalue weighted by Crippen LogP contribution is 2.41. The predicted molar refractivity (Wildman–Crippen MR) is 110 cm³/mol. The number of carbonyl (C=O) groups excluding carboxylic acids is 2. The molecule has 154 valence electrons. The highest BCUT2D eigenvalue weighted by Gasteiger charge is 2.34. The van der Waals surface area contributed by atoms with Gasteiger partial charge in [0.1, 0.15) is 0 Å². The van der Waals surface area contributed by atoms with Crippen molar-refractivity contribution in [1.82, 2.24) is 9.62 Å². The van der Waals surface area contributed by atoms with Crippen molar-refractivity contribution in [2.45, 2.75) is 59.6 Å². The van der Waals surface area contributed by atoms with Crippen molar-refractivity contribution in [3.63, 3.8) is 0 Å². The van der Waals surface area contributed by atoms with E-state index in [1.165, 1.54) is 43.2 Å². The molecular weight excluding hydrogens is 398 g/mol. The van der Waals surface area contributed by atoms with E-state index in [2.05, 4.69) is 5.32 Å². The van der Waals surface area contributed by atoms with Crippen LogP contribution in [0.4, 0.5) is 5.69 Å². The van der Waals surface area contributed by atoms with Crippen molar-refractivity contribution in [2.24, 2.45) is 0 Å². The third kappa shape index (κ3) is 4.36. The highest BCUT2D eigenvalue weighted by atomic mass is 32.2. The molecule has 3 rings (SSSR count).